The van der Waals surface area contributed by atoms with Crippen LogP contribution in [0, 0.1) is 0 Å². The number of Topliss-reactive ketones (excluding diaryl/α,β-unsaturated/α-hetero) is 1. The summed E-state index contributed by atoms with van der Waals surface area (Å²) in [6.07, 6.45) is -5.77. The van der Waals surface area contributed by atoms with Gasteiger partial charge >= 0.3 is 0 Å². The molecule has 2 saturated carbocycles. The molecular weight excluding hydrogens is 596 g/mol. The Kier molecular flexibility index (Phi) is 5.70. The van der Waals surface area contributed by atoms with Crippen LogP contribution in [0.2, 0.25) is 0 Å². The van der Waals surface area contributed by atoms with Gasteiger partial charge in [-0.2, -0.15) is 0 Å². The van der Waals surface area contributed by atoms with Crippen molar-refractivity contribution >= 4 is 55.5 Å². The van der Waals surface area contributed by atoms with Gasteiger partial charge in [-0.25, -0.2) is 17.6 Å². The molecule has 2 aliphatic heterocycles. The molecule has 10 heteroatoms. The highest BCUT2D eigenvalue weighted by Gasteiger charge is 2.47. The van der Waals surface area contributed by atoms with Crippen molar-refractivity contribution in [3.05, 3.63) is 82.6 Å². The average Bonchev–Trinajstić information content (AvgIpc) is 2.98. The topological polar surface area (TPSA) is 85.8 Å². The number of hydrogen-bond donors (Lipinski definition) is 4. The number of alkyl halides is 4. The standard InChI is InChI=1S/C36H30F4N4O2/c37-19-11-20(38)14-35(13-19)41-25-5-1-3-17-7-9-23(31(43-35)27(17)25)29-33(45)30(34(29)46)24-10-8-18-4-2-6-26-28(18)32(24)44-36(42-26)15-21(39)12-22(40)16-36/h1-10,19-22,41-43,45H,11-16H2/b30-24-. The number of nitrogens with zero attached hydrogens (tertiary/aromatic N) is 1. The van der Waals surface area contributed by atoms with Crippen molar-refractivity contribution in [1.29, 1.82) is 0 Å². The molecule has 46 heavy (non-hydrogen) atoms. The van der Waals surface area contributed by atoms with Crippen LogP contribution >= 0.6 is 0 Å². The Balaban J connectivity index is 1.25. The highest BCUT2D eigenvalue weighted by Crippen LogP contribution is 2.49. The van der Waals surface area contributed by atoms with Crippen LogP contribution in [0.1, 0.15) is 44.1 Å². The van der Waals surface area contributed by atoms with Gasteiger partial charge in [0.1, 0.15) is 41.8 Å². The molecule has 2 fully saturated rings. The molecule has 0 aromatic heterocycles. The van der Waals surface area contributed by atoms with E-state index in [0.29, 0.717) is 38.6 Å². The predicted octanol–water partition coefficient (Wildman–Crippen LogP) is 6.69. The molecule has 2 spiro atoms. The van der Waals surface area contributed by atoms with E-state index in [0.717, 1.165) is 16.2 Å². The lowest BCUT2D eigenvalue weighted by Crippen LogP contribution is -2.54. The molecule has 4 aromatic carbocycles. The van der Waals surface area contributed by atoms with Crippen LogP contribution in [0.15, 0.2) is 71.4 Å². The smallest absolute Gasteiger partial charge is 0.201 e. The number of anilines is 3. The maximum Gasteiger partial charge on any atom is 0.201 e. The van der Waals surface area contributed by atoms with Gasteiger partial charge in [-0.15, -0.1) is 0 Å². The van der Waals surface area contributed by atoms with E-state index in [-0.39, 0.29) is 55.4 Å². The number of nitrogens with one attached hydrogen (secondary N) is 3. The number of carbonyl (C=O) groups excluding carboxylic acids is 1. The largest absolute Gasteiger partial charge is 0.506 e. The third-order valence-electron chi connectivity index (χ3n) is 10.2. The van der Waals surface area contributed by atoms with Crippen LogP contribution in [-0.2, 0) is 4.79 Å². The molecule has 9 rings (SSSR count). The van der Waals surface area contributed by atoms with Crippen molar-refractivity contribution in [3.63, 3.8) is 0 Å². The third-order valence-corrected chi connectivity index (χ3v) is 10.2. The molecule has 6 nitrogen and oxygen atoms in total. The van der Waals surface area contributed by atoms with E-state index in [1.807, 2.05) is 48.5 Å². The second kappa shape index (κ2) is 9.47. The van der Waals surface area contributed by atoms with Gasteiger partial charge in [0.2, 0.25) is 5.78 Å². The van der Waals surface area contributed by atoms with Crippen molar-refractivity contribution in [3.8, 4) is 0 Å². The second-order valence-corrected chi connectivity index (χ2v) is 13.5. The van der Waals surface area contributed by atoms with Gasteiger partial charge in [0.15, 0.2) is 0 Å². The van der Waals surface area contributed by atoms with Crippen LogP contribution in [0.25, 0.3) is 32.7 Å². The first kappa shape index (κ1) is 27.7. The number of hydrogen-bond acceptors (Lipinski definition) is 6. The SMILES string of the molecule is O=C1C(c2ccc3cccc4c3c2NC2(CC(F)CC(F)C2)N4)=C(O)/C1=c1\ccc2cccc3c2c1=NC1(CC(F)CC(F)C1)N3. The summed E-state index contributed by atoms with van der Waals surface area (Å²) in [5.41, 5.74) is 0.149. The van der Waals surface area contributed by atoms with Gasteiger partial charge in [-0.3, -0.25) is 9.79 Å². The minimum Gasteiger partial charge on any atom is -0.506 e. The van der Waals surface area contributed by atoms with Gasteiger partial charge in [0.25, 0.3) is 0 Å². The molecule has 4 N–H and O–H groups in total. The van der Waals surface area contributed by atoms with E-state index in [2.05, 4.69) is 16.0 Å². The zero-order chi connectivity index (χ0) is 31.5. The normalized spacial score (nSPS) is 32.6. The number of halogens is 4. The Morgan fingerprint density at radius 3 is 1.98 bits per heavy atom. The van der Waals surface area contributed by atoms with Crippen LogP contribution in [-0.4, -0.2) is 46.9 Å². The minimum absolute atomic E-state index is 0.0162. The zero-order valence-corrected chi connectivity index (χ0v) is 24.6. The lowest BCUT2D eigenvalue weighted by Gasteiger charge is -2.46. The highest BCUT2D eigenvalue weighted by molar-refractivity contribution is 6.52. The first-order chi connectivity index (χ1) is 22.1. The van der Waals surface area contributed by atoms with Crippen LogP contribution in [0.5, 0.6) is 0 Å². The molecule has 0 radical (unpaired) electrons. The molecular formula is C36H30F4N4O2. The monoisotopic (exact) mass is 626 g/mol. The van der Waals surface area contributed by atoms with Gasteiger partial charge in [0, 0.05) is 71.5 Å². The van der Waals surface area contributed by atoms with Crippen LogP contribution < -0.4 is 26.5 Å². The minimum atomic E-state index is -1.38. The number of benzene rings is 4. The number of allylic oxidation sites excluding steroid dienone is 2. The number of aliphatic hydroxyl groups excluding tert-OH is 1. The van der Waals surface area contributed by atoms with Crippen molar-refractivity contribution in [2.75, 3.05) is 16.0 Å². The van der Waals surface area contributed by atoms with E-state index >= 15 is 0 Å². The maximum absolute atomic E-state index is 14.7. The van der Waals surface area contributed by atoms with Crippen molar-refractivity contribution < 1.29 is 27.5 Å². The molecule has 0 amide bonds. The summed E-state index contributed by atoms with van der Waals surface area (Å²) in [5.74, 6) is -0.643. The summed E-state index contributed by atoms with van der Waals surface area (Å²) in [6, 6.07) is 18.3. The molecule has 2 heterocycles. The Labute approximate surface area is 260 Å². The molecule has 4 atom stereocenters. The van der Waals surface area contributed by atoms with Gasteiger partial charge in [0.05, 0.1) is 22.2 Å². The Morgan fingerprint density at radius 2 is 1.30 bits per heavy atom. The lowest BCUT2D eigenvalue weighted by atomic mass is 9.78. The lowest BCUT2D eigenvalue weighted by molar-refractivity contribution is -0.109. The van der Waals surface area contributed by atoms with Crippen molar-refractivity contribution in [1.82, 2.24) is 0 Å². The van der Waals surface area contributed by atoms with E-state index in [1.165, 1.54) is 0 Å². The van der Waals surface area contributed by atoms with E-state index < -0.39 is 41.8 Å². The van der Waals surface area contributed by atoms with E-state index in [4.69, 9.17) is 4.99 Å². The van der Waals surface area contributed by atoms with Crippen molar-refractivity contribution in [2.45, 2.75) is 74.5 Å². The van der Waals surface area contributed by atoms with Gasteiger partial charge < -0.3 is 21.1 Å². The summed E-state index contributed by atoms with van der Waals surface area (Å²) < 4.78 is 58.9. The highest BCUT2D eigenvalue weighted by atomic mass is 19.2. The van der Waals surface area contributed by atoms with Crippen molar-refractivity contribution in [2.24, 2.45) is 4.99 Å². The number of ketones is 1. The van der Waals surface area contributed by atoms with Gasteiger partial charge in [-0.05, 0) is 22.9 Å². The van der Waals surface area contributed by atoms with Crippen LogP contribution in [0.4, 0.5) is 34.6 Å². The maximum atomic E-state index is 14.7. The molecule has 5 aliphatic rings. The van der Waals surface area contributed by atoms with Crippen LogP contribution in [0.3, 0.4) is 0 Å². The Bertz CT molecular complexity index is 2160. The fourth-order valence-corrected chi connectivity index (χ4v) is 8.47. The fraction of sp³-hybridized carbons (Fsp3) is 0.333. The second-order valence-electron chi connectivity index (χ2n) is 13.5. The molecule has 0 saturated heterocycles. The quantitative estimate of drug-likeness (QED) is 0.177. The molecule has 4 aromatic rings. The first-order valence-electron chi connectivity index (χ1n) is 15.7. The summed E-state index contributed by atoms with van der Waals surface area (Å²) >= 11 is 0. The average molecular weight is 627 g/mol. The molecule has 4 unspecified atom stereocenters. The number of aliphatic hydroxyl groups is 1. The summed E-state index contributed by atoms with van der Waals surface area (Å²) in [5, 5.41) is 25.6. The third kappa shape index (κ3) is 3.94. The Morgan fingerprint density at radius 1 is 0.696 bits per heavy atom. The zero-order valence-electron chi connectivity index (χ0n) is 24.6. The number of rotatable bonds is 1. The first-order valence-corrected chi connectivity index (χ1v) is 15.7. The molecule has 3 aliphatic carbocycles. The van der Waals surface area contributed by atoms with E-state index in [1.54, 1.807) is 12.1 Å². The summed E-state index contributed by atoms with van der Waals surface area (Å²) in [6.45, 7) is 0. The number of carbonyl (C=O) groups is 1. The predicted molar refractivity (Wildman–Crippen MR) is 170 cm³/mol. The Hall–Kier alpha value is -4.60. The molecule has 234 valence electrons. The van der Waals surface area contributed by atoms with E-state index in [9.17, 15) is 27.5 Å². The fourth-order valence-electron chi connectivity index (χ4n) is 8.47. The summed E-state index contributed by atoms with van der Waals surface area (Å²) in [4.78, 5) is 19.0. The summed E-state index contributed by atoms with van der Waals surface area (Å²) in [7, 11) is 0. The van der Waals surface area contributed by atoms with Gasteiger partial charge in [-0.1, -0.05) is 48.5 Å². The molecule has 0 bridgehead atoms.